The van der Waals surface area contributed by atoms with Gasteiger partial charge in [0, 0.05) is 27.7 Å². The van der Waals surface area contributed by atoms with E-state index in [0.29, 0.717) is 17.1 Å². The van der Waals surface area contributed by atoms with Gasteiger partial charge in [0.1, 0.15) is 0 Å². The molecule has 3 rings (SSSR count). The topological polar surface area (TPSA) is 59.3 Å². The number of hydrogen-bond donors (Lipinski definition) is 1. The first-order valence-corrected chi connectivity index (χ1v) is 6.91. The number of fused-ring (bicyclic) bond motifs is 1. The summed E-state index contributed by atoms with van der Waals surface area (Å²) >= 11 is 3.47. The number of carboxylic acid groups (broad SMARTS) is 1. The summed E-state index contributed by atoms with van der Waals surface area (Å²) in [6, 6.07) is 7.26. The third-order valence-electron chi connectivity index (χ3n) is 3.34. The molecule has 0 spiro atoms. The van der Waals surface area contributed by atoms with Crippen LogP contribution in [0.3, 0.4) is 0 Å². The van der Waals surface area contributed by atoms with Gasteiger partial charge in [-0.1, -0.05) is 6.07 Å². The van der Waals surface area contributed by atoms with Gasteiger partial charge < -0.3 is 9.67 Å². The van der Waals surface area contributed by atoms with E-state index in [4.69, 9.17) is 5.11 Å². The fourth-order valence-electron chi connectivity index (χ4n) is 2.44. The lowest BCUT2D eigenvalue weighted by Gasteiger charge is -2.16. The summed E-state index contributed by atoms with van der Waals surface area (Å²) in [5.41, 5.74) is 1.28. The van der Waals surface area contributed by atoms with Crippen molar-refractivity contribution >= 4 is 32.8 Å². The molecule has 2 aromatic rings. The summed E-state index contributed by atoms with van der Waals surface area (Å²) in [5, 5.41) is 9.63. The molecule has 1 heterocycles. The van der Waals surface area contributed by atoms with Gasteiger partial charge in [0.2, 0.25) is 0 Å². The molecular formula is C14H12BrNO3. The molecule has 0 radical (unpaired) electrons. The van der Waals surface area contributed by atoms with E-state index >= 15 is 0 Å². The molecule has 1 aromatic heterocycles. The molecule has 1 aliphatic carbocycles. The molecule has 1 aliphatic rings. The van der Waals surface area contributed by atoms with Crippen molar-refractivity contribution in [2.24, 2.45) is 0 Å². The highest BCUT2D eigenvalue weighted by Crippen LogP contribution is 2.39. The highest BCUT2D eigenvalue weighted by atomic mass is 79.9. The second-order valence-electron chi connectivity index (χ2n) is 4.81. The maximum Gasteiger partial charge on any atom is 0.309 e. The van der Waals surface area contributed by atoms with Gasteiger partial charge in [-0.15, -0.1) is 0 Å². The predicted molar refractivity (Wildman–Crippen MR) is 75.5 cm³/mol. The number of carboxylic acids is 1. The van der Waals surface area contributed by atoms with Crippen molar-refractivity contribution in [2.75, 3.05) is 0 Å². The Morgan fingerprint density at radius 2 is 2.16 bits per heavy atom. The number of halogens is 1. The summed E-state index contributed by atoms with van der Waals surface area (Å²) in [6.45, 7) is 0. The predicted octanol–water partition coefficient (Wildman–Crippen LogP) is 2.73. The number of pyridine rings is 1. The van der Waals surface area contributed by atoms with Gasteiger partial charge in [-0.25, -0.2) is 0 Å². The summed E-state index contributed by atoms with van der Waals surface area (Å²) in [5.74, 6) is -0.916. The highest BCUT2D eigenvalue weighted by Gasteiger charge is 2.28. The van der Waals surface area contributed by atoms with Crippen molar-refractivity contribution < 1.29 is 9.90 Å². The van der Waals surface area contributed by atoms with E-state index in [-0.39, 0.29) is 11.8 Å². The average molecular weight is 322 g/mol. The number of benzene rings is 1. The van der Waals surface area contributed by atoms with Crippen molar-refractivity contribution in [1.82, 2.24) is 4.57 Å². The molecule has 5 heteroatoms. The number of nitrogens with zero attached hydrogens (tertiary/aromatic N) is 1. The van der Waals surface area contributed by atoms with Gasteiger partial charge in [-0.05, 0) is 40.9 Å². The van der Waals surface area contributed by atoms with Crippen molar-refractivity contribution in [1.29, 1.82) is 0 Å². The second-order valence-corrected chi connectivity index (χ2v) is 5.66. The molecule has 0 amide bonds. The SMILES string of the molecule is O=C(O)Cc1cc(=O)c2cccc(Br)c2n1C1CC1. The van der Waals surface area contributed by atoms with Crippen LogP contribution in [0.25, 0.3) is 10.9 Å². The van der Waals surface area contributed by atoms with E-state index in [2.05, 4.69) is 15.9 Å². The lowest BCUT2D eigenvalue weighted by Crippen LogP contribution is -2.16. The smallest absolute Gasteiger partial charge is 0.309 e. The monoisotopic (exact) mass is 321 g/mol. The Labute approximate surface area is 117 Å². The zero-order valence-electron chi connectivity index (χ0n) is 10.1. The summed E-state index contributed by atoms with van der Waals surface area (Å²) in [4.78, 5) is 23.1. The molecule has 19 heavy (non-hydrogen) atoms. The van der Waals surface area contributed by atoms with Crippen molar-refractivity contribution in [3.05, 3.63) is 44.7 Å². The molecule has 1 saturated carbocycles. The zero-order chi connectivity index (χ0) is 13.6. The Kier molecular flexibility index (Phi) is 2.93. The standard InChI is InChI=1S/C14H12BrNO3/c15-11-3-1-2-10-12(17)6-9(7-13(18)19)16(14(10)11)8-4-5-8/h1-3,6,8H,4-5,7H2,(H,18,19). The maximum atomic E-state index is 12.1. The number of aliphatic carboxylic acids is 1. The normalized spacial score (nSPS) is 14.8. The molecule has 0 unspecified atom stereocenters. The van der Waals surface area contributed by atoms with Gasteiger partial charge in [-0.2, -0.15) is 0 Å². The number of para-hydroxylation sites is 1. The first-order chi connectivity index (χ1) is 9.08. The van der Waals surface area contributed by atoms with Gasteiger partial charge in [0.25, 0.3) is 0 Å². The summed E-state index contributed by atoms with van der Waals surface area (Å²) < 4.78 is 2.84. The lowest BCUT2D eigenvalue weighted by atomic mass is 10.1. The minimum atomic E-state index is -0.916. The number of carbonyl (C=O) groups is 1. The van der Waals surface area contributed by atoms with Gasteiger partial charge in [0.05, 0.1) is 11.9 Å². The highest BCUT2D eigenvalue weighted by molar-refractivity contribution is 9.10. The van der Waals surface area contributed by atoms with Gasteiger partial charge in [-0.3, -0.25) is 9.59 Å². The van der Waals surface area contributed by atoms with Gasteiger partial charge >= 0.3 is 5.97 Å². The van der Waals surface area contributed by atoms with Crippen LogP contribution >= 0.6 is 15.9 Å². The largest absolute Gasteiger partial charge is 0.481 e. The Balaban J connectivity index is 2.37. The molecule has 1 aromatic carbocycles. The van der Waals surface area contributed by atoms with Crippen LogP contribution in [0.5, 0.6) is 0 Å². The van der Waals surface area contributed by atoms with Crippen LogP contribution in [0.4, 0.5) is 0 Å². The van der Waals surface area contributed by atoms with E-state index in [1.807, 2.05) is 16.7 Å². The molecule has 4 nitrogen and oxygen atoms in total. The molecule has 0 aliphatic heterocycles. The first kappa shape index (κ1) is 12.4. The van der Waals surface area contributed by atoms with Crippen LogP contribution in [-0.4, -0.2) is 15.6 Å². The minimum absolute atomic E-state index is 0.121. The number of aromatic nitrogens is 1. The number of hydrogen-bond acceptors (Lipinski definition) is 2. The molecular weight excluding hydrogens is 310 g/mol. The van der Waals surface area contributed by atoms with Crippen LogP contribution in [0.2, 0.25) is 0 Å². The fraction of sp³-hybridized carbons (Fsp3) is 0.286. The Morgan fingerprint density at radius 1 is 1.42 bits per heavy atom. The van der Waals surface area contributed by atoms with E-state index < -0.39 is 5.97 Å². The molecule has 0 atom stereocenters. The van der Waals surface area contributed by atoms with E-state index in [9.17, 15) is 9.59 Å². The molecule has 1 fully saturated rings. The lowest BCUT2D eigenvalue weighted by molar-refractivity contribution is -0.136. The van der Waals surface area contributed by atoms with E-state index in [0.717, 1.165) is 22.8 Å². The minimum Gasteiger partial charge on any atom is -0.481 e. The average Bonchev–Trinajstić information content (AvgIpc) is 3.14. The van der Waals surface area contributed by atoms with Crippen LogP contribution in [-0.2, 0) is 11.2 Å². The second kappa shape index (κ2) is 4.49. The molecule has 1 N–H and O–H groups in total. The molecule has 0 saturated heterocycles. The molecule has 0 bridgehead atoms. The van der Waals surface area contributed by atoms with Crippen LogP contribution in [0.15, 0.2) is 33.5 Å². The van der Waals surface area contributed by atoms with Crippen LogP contribution in [0, 0.1) is 0 Å². The third-order valence-corrected chi connectivity index (χ3v) is 3.98. The fourth-order valence-corrected chi connectivity index (χ4v) is 3.00. The number of rotatable bonds is 3. The maximum absolute atomic E-state index is 12.1. The third kappa shape index (κ3) is 2.18. The van der Waals surface area contributed by atoms with E-state index in [1.165, 1.54) is 6.07 Å². The Hall–Kier alpha value is -1.62. The quantitative estimate of drug-likeness (QED) is 0.945. The van der Waals surface area contributed by atoms with Crippen LogP contribution in [0.1, 0.15) is 24.6 Å². The Morgan fingerprint density at radius 3 is 2.79 bits per heavy atom. The van der Waals surface area contributed by atoms with E-state index in [1.54, 1.807) is 6.07 Å². The van der Waals surface area contributed by atoms with Crippen LogP contribution < -0.4 is 5.43 Å². The van der Waals surface area contributed by atoms with Crippen molar-refractivity contribution in [3.63, 3.8) is 0 Å². The Bertz CT molecular complexity index is 731. The first-order valence-electron chi connectivity index (χ1n) is 6.12. The van der Waals surface area contributed by atoms with Crippen molar-refractivity contribution in [2.45, 2.75) is 25.3 Å². The molecule has 98 valence electrons. The summed E-state index contributed by atoms with van der Waals surface area (Å²) in [6.07, 6.45) is 1.95. The van der Waals surface area contributed by atoms with Gasteiger partial charge in [0.15, 0.2) is 5.43 Å². The van der Waals surface area contributed by atoms with Crippen molar-refractivity contribution in [3.8, 4) is 0 Å². The summed E-state index contributed by atoms with van der Waals surface area (Å²) in [7, 11) is 0. The zero-order valence-corrected chi connectivity index (χ0v) is 11.7.